The van der Waals surface area contributed by atoms with Crippen molar-refractivity contribution in [1.29, 1.82) is 0 Å². The highest BCUT2D eigenvalue weighted by molar-refractivity contribution is 7.88. The van der Waals surface area contributed by atoms with Gasteiger partial charge in [-0.05, 0) is 29.7 Å². The lowest BCUT2D eigenvalue weighted by atomic mass is 10.1. The SMILES string of the molecule is CS(=O)(=O)N(CCC(=O)NCCc1ccccc1)Cc1ccc(Cl)cc1. The minimum Gasteiger partial charge on any atom is -0.356 e. The van der Waals surface area contributed by atoms with Crippen molar-refractivity contribution in [2.75, 3.05) is 19.3 Å². The average Bonchev–Trinajstić information content (AvgIpc) is 2.60. The third-order valence-corrected chi connectivity index (χ3v) is 5.41. The number of amides is 1. The number of hydrogen-bond acceptors (Lipinski definition) is 3. The lowest BCUT2D eigenvalue weighted by Crippen LogP contribution is -2.34. The molecular weight excluding hydrogens is 372 g/mol. The summed E-state index contributed by atoms with van der Waals surface area (Å²) in [6, 6.07) is 16.9. The lowest BCUT2D eigenvalue weighted by Gasteiger charge is -2.20. The summed E-state index contributed by atoms with van der Waals surface area (Å²) < 4.78 is 25.3. The van der Waals surface area contributed by atoms with Crippen molar-refractivity contribution in [3.8, 4) is 0 Å². The number of carbonyl (C=O) groups excluding carboxylic acids is 1. The van der Waals surface area contributed by atoms with Crippen LogP contribution in [-0.4, -0.2) is 38.0 Å². The monoisotopic (exact) mass is 394 g/mol. The molecule has 7 heteroatoms. The van der Waals surface area contributed by atoms with Gasteiger partial charge in [0.1, 0.15) is 0 Å². The van der Waals surface area contributed by atoms with Gasteiger partial charge in [0.05, 0.1) is 6.26 Å². The zero-order valence-electron chi connectivity index (χ0n) is 14.7. The maximum Gasteiger partial charge on any atom is 0.221 e. The molecule has 0 bridgehead atoms. The lowest BCUT2D eigenvalue weighted by molar-refractivity contribution is -0.121. The minimum absolute atomic E-state index is 0.120. The maximum absolute atomic E-state index is 12.0. The molecule has 0 saturated heterocycles. The van der Waals surface area contributed by atoms with Gasteiger partial charge in [0.2, 0.25) is 15.9 Å². The standard InChI is InChI=1S/C19H23ClN2O3S/c1-26(24,25)22(15-17-7-9-18(20)10-8-17)14-12-19(23)21-13-11-16-5-3-2-4-6-16/h2-10H,11-15H2,1H3,(H,21,23). The van der Waals surface area contributed by atoms with E-state index in [1.165, 1.54) is 4.31 Å². The summed E-state index contributed by atoms with van der Waals surface area (Å²) in [5.41, 5.74) is 1.97. The van der Waals surface area contributed by atoms with Crippen LogP contribution in [0.2, 0.25) is 5.02 Å². The molecule has 0 spiro atoms. The zero-order chi connectivity index (χ0) is 19.0. The van der Waals surface area contributed by atoms with Crippen LogP contribution in [0.5, 0.6) is 0 Å². The first kappa shape index (κ1) is 20.4. The molecule has 0 aliphatic rings. The van der Waals surface area contributed by atoms with Gasteiger partial charge in [-0.1, -0.05) is 54.1 Å². The normalized spacial score (nSPS) is 11.5. The highest BCUT2D eigenvalue weighted by atomic mass is 35.5. The van der Waals surface area contributed by atoms with Gasteiger partial charge < -0.3 is 5.32 Å². The Morgan fingerprint density at radius 1 is 1.04 bits per heavy atom. The smallest absolute Gasteiger partial charge is 0.221 e. The van der Waals surface area contributed by atoms with Crippen molar-refractivity contribution < 1.29 is 13.2 Å². The van der Waals surface area contributed by atoms with Crippen LogP contribution in [0.3, 0.4) is 0 Å². The van der Waals surface area contributed by atoms with E-state index in [1.807, 2.05) is 30.3 Å². The van der Waals surface area contributed by atoms with Gasteiger partial charge in [-0.3, -0.25) is 4.79 Å². The van der Waals surface area contributed by atoms with Crippen LogP contribution in [0.4, 0.5) is 0 Å². The predicted molar refractivity (Wildman–Crippen MR) is 104 cm³/mol. The van der Waals surface area contributed by atoms with Gasteiger partial charge in [0.25, 0.3) is 0 Å². The van der Waals surface area contributed by atoms with Crippen LogP contribution in [0.1, 0.15) is 17.5 Å². The summed E-state index contributed by atoms with van der Waals surface area (Å²) in [5.74, 6) is -0.161. The maximum atomic E-state index is 12.0. The Morgan fingerprint density at radius 2 is 1.69 bits per heavy atom. The number of nitrogens with zero attached hydrogens (tertiary/aromatic N) is 1. The average molecular weight is 395 g/mol. The summed E-state index contributed by atoms with van der Waals surface area (Å²) in [4.78, 5) is 12.0. The second-order valence-corrected chi connectivity index (χ2v) is 8.48. The molecule has 0 aromatic heterocycles. The third kappa shape index (κ3) is 7.15. The number of sulfonamides is 1. The first-order valence-electron chi connectivity index (χ1n) is 8.35. The molecule has 0 radical (unpaired) electrons. The first-order chi connectivity index (χ1) is 12.3. The van der Waals surface area contributed by atoms with Gasteiger partial charge >= 0.3 is 0 Å². The number of carbonyl (C=O) groups is 1. The van der Waals surface area contributed by atoms with Crippen molar-refractivity contribution in [3.05, 3.63) is 70.7 Å². The van der Waals surface area contributed by atoms with E-state index in [0.29, 0.717) is 11.6 Å². The molecule has 0 heterocycles. The summed E-state index contributed by atoms with van der Waals surface area (Å²) >= 11 is 5.85. The quantitative estimate of drug-likeness (QED) is 0.711. The van der Waals surface area contributed by atoms with Crippen LogP contribution in [0, 0.1) is 0 Å². The predicted octanol–water partition coefficient (Wildman–Crippen LogP) is 2.85. The van der Waals surface area contributed by atoms with E-state index in [0.717, 1.165) is 23.8 Å². The Balaban J connectivity index is 1.82. The number of nitrogens with one attached hydrogen (secondary N) is 1. The van der Waals surface area contributed by atoms with E-state index in [4.69, 9.17) is 11.6 Å². The second-order valence-electron chi connectivity index (χ2n) is 6.06. The second kappa shape index (κ2) is 9.71. The van der Waals surface area contributed by atoms with Crippen molar-refractivity contribution in [3.63, 3.8) is 0 Å². The number of benzene rings is 2. The molecule has 0 fully saturated rings. The number of halogens is 1. The summed E-state index contributed by atoms with van der Waals surface area (Å²) in [5, 5.41) is 3.43. The molecule has 1 N–H and O–H groups in total. The van der Waals surface area contributed by atoms with E-state index in [1.54, 1.807) is 24.3 Å². The molecule has 0 aliphatic carbocycles. The van der Waals surface area contributed by atoms with Gasteiger partial charge in [-0.15, -0.1) is 0 Å². The highest BCUT2D eigenvalue weighted by Gasteiger charge is 2.18. The molecule has 0 unspecified atom stereocenters. The fraction of sp³-hybridized carbons (Fsp3) is 0.316. The van der Waals surface area contributed by atoms with Crippen molar-refractivity contribution in [2.45, 2.75) is 19.4 Å². The van der Waals surface area contributed by atoms with Gasteiger partial charge in [0, 0.05) is 31.1 Å². The summed E-state index contributed by atoms with van der Waals surface area (Å²) in [6.45, 7) is 0.880. The van der Waals surface area contributed by atoms with E-state index >= 15 is 0 Å². The molecule has 0 aliphatic heterocycles. The molecule has 0 atom stereocenters. The van der Waals surface area contributed by atoms with Crippen molar-refractivity contribution in [1.82, 2.24) is 9.62 Å². The van der Waals surface area contributed by atoms with Crippen LogP contribution >= 0.6 is 11.6 Å². The van der Waals surface area contributed by atoms with Crippen LogP contribution in [0.15, 0.2) is 54.6 Å². The van der Waals surface area contributed by atoms with Gasteiger partial charge in [0.15, 0.2) is 0 Å². The van der Waals surface area contributed by atoms with Crippen LogP contribution in [-0.2, 0) is 27.8 Å². The van der Waals surface area contributed by atoms with Crippen molar-refractivity contribution >= 4 is 27.5 Å². The molecule has 2 aromatic carbocycles. The molecule has 2 aromatic rings. The minimum atomic E-state index is -3.41. The van der Waals surface area contributed by atoms with Gasteiger partial charge in [-0.25, -0.2) is 8.42 Å². The highest BCUT2D eigenvalue weighted by Crippen LogP contribution is 2.13. The summed E-state index contributed by atoms with van der Waals surface area (Å²) in [6.07, 6.45) is 2.01. The molecule has 26 heavy (non-hydrogen) atoms. The van der Waals surface area contributed by atoms with E-state index in [2.05, 4.69) is 5.32 Å². The molecule has 2 rings (SSSR count). The van der Waals surface area contributed by atoms with Crippen molar-refractivity contribution in [2.24, 2.45) is 0 Å². The molecule has 1 amide bonds. The molecule has 0 saturated carbocycles. The van der Waals surface area contributed by atoms with Crippen LogP contribution in [0.25, 0.3) is 0 Å². The number of hydrogen-bond donors (Lipinski definition) is 1. The Kier molecular flexibility index (Phi) is 7.63. The fourth-order valence-electron chi connectivity index (χ4n) is 2.46. The Bertz CT molecular complexity index is 808. The Labute approximate surface area is 160 Å². The van der Waals surface area contributed by atoms with Crippen LogP contribution < -0.4 is 5.32 Å². The summed E-state index contributed by atoms with van der Waals surface area (Å²) in [7, 11) is -3.41. The molecular formula is C19H23ClN2O3S. The van der Waals surface area contributed by atoms with E-state index < -0.39 is 10.0 Å². The molecule has 5 nitrogen and oxygen atoms in total. The van der Waals surface area contributed by atoms with Gasteiger partial charge in [-0.2, -0.15) is 4.31 Å². The topological polar surface area (TPSA) is 66.5 Å². The third-order valence-electron chi connectivity index (χ3n) is 3.91. The number of rotatable bonds is 9. The zero-order valence-corrected chi connectivity index (χ0v) is 16.3. The first-order valence-corrected chi connectivity index (χ1v) is 10.6. The fourth-order valence-corrected chi connectivity index (χ4v) is 3.39. The Morgan fingerprint density at radius 3 is 2.31 bits per heavy atom. The van der Waals surface area contributed by atoms with E-state index in [9.17, 15) is 13.2 Å². The largest absolute Gasteiger partial charge is 0.356 e. The molecule has 140 valence electrons. The Hall–Kier alpha value is -1.89. The van der Waals surface area contributed by atoms with E-state index in [-0.39, 0.29) is 25.4 Å².